The van der Waals surface area contributed by atoms with Crippen LogP contribution < -0.4 is 0 Å². The second-order valence-corrected chi connectivity index (χ2v) is 7.54. The summed E-state index contributed by atoms with van der Waals surface area (Å²) in [6.07, 6.45) is 6.23. The molecule has 2 fully saturated rings. The highest BCUT2D eigenvalue weighted by Gasteiger charge is 2.31. The van der Waals surface area contributed by atoms with Crippen LogP contribution in [0.15, 0.2) is 0 Å². The largest absolute Gasteiger partial charge is 0.301 e. The summed E-state index contributed by atoms with van der Waals surface area (Å²) in [6, 6.07) is 0.885. The molecule has 2 aliphatic rings. The number of aromatic nitrogens is 4. The van der Waals surface area contributed by atoms with Gasteiger partial charge in [0, 0.05) is 26.2 Å². The Morgan fingerprint density at radius 3 is 2.39 bits per heavy atom. The molecule has 1 aromatic heterocycles. The van der Waals surface area contributed by atoms with Gasteiger partial charge in [-0.25, -0.2) is 4.68 Å². The van der Waals surface area contributed by atoms with Gasteiger partial charge in [-0.15, -0.1) is 5.10 Å². The van der Waals surface area contributed by atoms with Crippen molar-refractivity contribution >= 4 is 0 Å². The van der Waals surface area contributed by atoms with Gasteiger partial charge in [-0.1, -0.05) is 33.6 Å². The lowest BCUT2D eigenvalue weighted by molar-refractivity contribution is 0.0823. The summed E-state index contributed by atoms with van der Waals surface area (Å²) >= 11 is 0. The molecule has 0 aromatic carbocycles. The fourth-order valence-electron chi connectivity index (χ4n) is 4.08. The third-order valence-electron chi connectivity index (χ3n) is 5.48. The maximum absolute atomic E-state index is 4.48. The molecule has 0 amide bonds. The molecule has 1 saturated carbocycles. The molecule has 1 saturated heterocycles. The summed E-state index contributed by atoms with van der Waals surface area (Å²) in [7, 11) is 0. The van der Waals surface area contributed by atoms with E-state index >= 15 is 0 Å². The second-order valence-electron chi connectivity index (χ2n) is 7.54. The summed E-state index contributed by atoms with van der Waals surface area (Å²) in [5.74, 6) is 1.76. The smallest absolute Gasteiger partial charge is 0.168 e. The first-order chi connectivity index (χ1) is 11.2. The molecule has 0 spiro atoms. The Hall–Kier alpha value is -1.01. The van der Waals surface area contributed by atoms with Gasteiger partial charge in [0.1, 0.15) is 0 Å². The first kappa shape index (κ1) is 16.8. The molecule has 6 heteroatoms. The van der Waals surface area contributed by atoms with Crippen LogP contribution in [0.2, 0.25) is 0 Å². The van der Waals surface area contributed by atoms with Crippen LogP contribution >= 0.6 is 0 Å². The molecule has 1 aliphatic heterocycles. The van der Waals surface area contributed by atoms with E-state index in [1.54, 1.807) is 0 Å². The standard InChI is InChI=1S/C17H32N6/c1-4-21-9-11-22(12-10-21)16(13-14(2)3)17-18-19-20-23(17)15-7-5-6-8-15/h14-16H,4-13H2,1-3H3. The van der Waals surface area contributed by atoms with Crippen molar-refractivity contribution in [3.05, 3.63) is 5.82 Å². The molecule has 2 heterocycles. The molecule has 0 radical (unpaired) electrons. The Morgan fingerprint density at radius 1 is 1.09 bits per heavy atom. The van der Waals surface area contributed by atoms with Crippen LogP contribution in [0.25, 0.3) is 0 Å². The zero-order valence-corrected chi connectivity index (χ0v) is 15.0. The van der Waals surface area contributed by atoms with Crippen molar-refractivity contribution in [3.63, 3.8) is 0 Å². The molecular weight excluding hydrogens is 288 g/mol. The minimum absolute atomic E-state index is 0.365. The minimum atomic E-state index is 0.365. The number of piperazine rings is 1. The summed E-state index contributed by atoms with van der Waals surface area (Å²) in [4.78, 5) is 5.15. The zero-order chi connectivity index (χ0) is 16.2. The van der Waals surface area contributed by atoms with E-state index in [0.29, 0.717) is 18.0 Å². The van der Waals surface area contributed by atoms with E-state index < -0.39 is 0 Å². The SMILES string of the molecule is CCN1CCN(C(CC(C)C)c2nnnn2C2CCCC2)CC1. The van der Waals surface area contributed by atoms with Gasteiger partial charge in [0.25, 0.3) is 0 Å². The Kier molecular flexibility index (Phi) is 5.64. The Balaban J connectivity index is 1.78. The lowest BCUT2D eigenvalue weighted by atomic mass is 10.0. The number of hydrogen-bond donors (Lipinski definition) is 0. The van der Waals surface area contributed by atoms with Crippen molar-refractivity contribution in [1.82, 2.24) is 30.0 Å². The highest BCUT2D eigenvalue weighted by Crippen LogP contribution is 2.33. The maximum Gasteiger partial charge on any atom is 0.168 e. The highest BCUT2D eigenvalue weighted by molar-refractivity contribution is 4.98. The monoisotopic (exact) mass is 320 g/mol. The van der Waals surface area contributed by atoms with E-state index in [2.05, 4.69) is 50.8 Å². The van der Waals surface area contributed by atoms with E-state index in [1.165, 1.54) is 25.7 Å². The van der Waals surface area contributed by atoms with Crippen LogP contribution in [0.5, 0.6) is 0 Å². The van der Waals surface area contributed by atoms with Crippen LogP contribution in [0.1, 0.15) is 70.8 Å². The summed E-state index contributed by atoms with van der Waals surface area (Å²) in [6.45, 7) is 12.6. The molecule has 130 valence electrons. The number of hydrogen-bond acceptors (Lipinski definition) is 5. The second kappa shape index (κ2) is 7.71. The number of likely N-dealkylation sites (N-methyl/N-ethyl adjacent to an activating group) is 1. The van der Waals surface area contributed by atoms with Crippen molar-refractivity contribution in [3.8, 4) is 0 Å². The fourth-order valence-corrected chi connectivity index (χ4v) is 4.08. The van der Waals surface area contributed by atoms with Crippen LogP contribution in [0, 0.1) is 5.92 Å². The van der Waals surface area contributed by atoms with Crippen LogP contribution in [-0.4, -0.2) is 62.7 Å². The summed E-state index contributed by atoms with van der Waals surface area (Å²) < 4.78 is 2.16. The van der Waals surface area contributed by atoms with Crippen molar-refractivity contribution < 1.29 is 0 Å². The number of rotatable bonds is 6. The topological polar surface area (TPSA) is 50.1 Å². The fraction of sp³-hybridized carbons (Fsp3) is 0.941. The van der Waals surface area contributed by atoms with Crippen LogP contribution in [-0.2, 0) is 0 Å². The third-order valence-corrected chi connectivity index (χ3v) is 5.48. The Morgan fingerprint density at radius 2 is 1.78 bits per heavy atom. The normalized spacial score (nSPS) is 23.0. The van der Waals surface area contributed by atoms with E-state index in [0.717, 1.165) is 45.0 Å². The molecule has 1 aromatic rings. The van der Waals surface area contributed by atoms with Gasteiger partial charge in [0.2, 0.25) is 0 Å². The average Bonchev–Trinajstić information content (AvgIpc) is 3.23. The molecule has 0 bridgehead atoms. The predicted molar refractivity (Wildman–Crippen MR) is 91.2 cm³/mol. The lowest BCUT2D eigenvalue weighted by Gasteiger charge is -2.39. The molecule has 1 unspecified atom stereocenters. The Bertz CT molecular complexity index is 471. The molecular formula is C17H32N6. The van der Waals surface area contributed by atoms with Crippen molar-refractivity contribution in [2.75, 3.05) is 32.7 Å². The first-order valence-corrected chi connectivity index (χ1v) is 9.43. The average molecular weight is 320 g/mol. The van der Waals surface area contributed by atoms with Gasteiger partial charge in [-0.3, -0.25) is 4.90 Å². The molecule has 1 aliphatic carbocycles. The van der Waals surface area contributed by atoms with Gasteiger partial charge in [0.05, 0.1) is 12.1 Å². The van der Waals surface area contributed by atoms with Crippen molar-refractivity contribution in [1.29, 1.82) is 0 Å². The predicted octanol–water partition coefficient (Wildman–Crippen LogP) is 2.51. The highest BCUT2D eigenvalue weighted by atomic mass is 15.6. The van der Waals surface area contributed by atoms with E-state index in [1.807, 2.05) is 0 Å². The molecule has 1 atom stereocenters. The van der Waals surface area contributed by atoms with E-state index in [4.69, 9.17) is 0 Å². The Labute approximate surface area is 140 Å². The molecule has 6 nitrogen and oxygen atoms in total. The van der Waals surface area contributed by atoms with Crippen molar-refractivity contribution in [2.45, 2.75) is 65.0 Å². The van der Waals surface area contributed by atoms with Crippen molar-refractivity contribution in [2.24, 2.45) is 5.92 Å². The van der Waals surface area contributed by atoms with Gasteiger partial charge < -0.3 is 4.90 Å². The maximum atomic E-state index is 4.48. The molecule has 0 N–H and O–H groups in total. The van der Waals surface area contributed by atoms with E-state index in [-0.39, 0.29) is 0 Å². The van der Waals surface area contributed by atoms with Gasteiger partial charge in [-0.05, 0) is 42.2 Å². The van der Waals surface area contributed by atoms with Gasteiger partial charge in [-0.2, -0.15) is 0 Å². The molecule has 23 heavy (non-hydrogen) atoms. The minimum Gasteiger partial charge on any atom is -0.301 e. The van der Waals surface area contributed by atoms with Gasteiger partial charge >= 0.3 is 0 Å². The number of tetrazole rings is 1. The van der Waals surface area contributed by atoms with Gasteiger partial charge in [0.15, 0.2) is 5.82 Å². The van der Waals surface area contributed by atoms with Crippen LogP contribution in [0.4, 0.5) is 0 Å². The van der Waals surface area contributed by atoms with Crippen LogP contribution in [0.3, 0.4) is 0 Å². The zero-order valence-electron chi connectivity index (χ0n) is 15.0. The summed E-state index contributed by atoms with van der Waals surface area (Å²) in [5.41, 5.74) is 0. The summed E-state index contributed by atoms with van der Waals surface area (Å²) in [5, 5.41) is 12.9. The quantitative estimate of drug-likeness (QED) is 0.806. The van der Waals surface area contributed by atoms with E-state index in [9.17, 15) is 0 Å². The molecule has 3 rings (SSSR count). The third kappa shape index (κ3) is 3.91. The lowest BCUT2D eigenvalue weighted by Crippen LogP contribution is -2.48. The first-order valence-electron chi connectivity index (χ1n) is 9.43. The number of nitrogens with zero attached hydrogens (tertiary/aromatic N) is 6.